The highest BCUT2D eigenvalue weighted by Crippen LogP contribution is 2.47. The standard InChI is InChI=1S/C29H37N3O4/c1-18(29(2,3)4)35-28(33)31-20-7-5-19(6-8-20)27-26(30)24-12-11-23(36-22-13-15-34-16-14-22)17-25(24)32(27)21-9-10-21/h5-8,11-12,17-18,21-22H,9-10,13-16,30H2,1-4H3,(H,31,33). The fraction of sp³-hybridized carbons (Fsp3) is 0.483. The van der Waals surface area contributed by atoms with Crippen molar-refractivity contribution < 1.29 is 19.0 Å². The number of nitrogens with zero attached hydrogens (tertiary/aromatic N) is 1. The van der Waals surface area contributed by atoms with Crippen molar-refractivity contribution in [2.45, 2.75) is 71.6 Å². The molecule has 1 aromatic heterocycles. The Hall–Kier alpha value is -3.19. The first-order chi connectivity index (χ1) is 17.2. The number of nitrogen functional groups attached to an aromatic ring is 1. The van der Waals surface area contributed by atoms with E-state index in [0.29, 0.717) is 11.7 Å². The van der Waals surface area contributed by atoms with Gasteiger partial charge in [0, 0.05) is 41.6 Å². The van der Waals surface area contributed by atoms with Crippen molar-refractivity contribution in [3.05, 3.63) is 42.5 Å². The second kappa shape index (κ2) is 9.69. The Labute approximate surface area is 212 Å². The Morgan fingerprint density at radius 2 is 1.78 bits per heavy atom. The lowest BCUT2D eigenvalue weighted by atomic mass is 9.90. The van der Waals surface area contributed by atoms with Gasteiger partial charge in [0.05, 0.1) is 30.1 Å². The van der Waals surface area contributed by atoms with Gasteiger partial charge in [-0.2, -0.15) is 0 Å². The molecule has 1 aliphatic carbocycles. The topological polar surface area (TPSA) is 87.7 Å². The average Bonchev–Trinajstić information content (AvgIpc) is 3.64. The number of nitrogens with one attached hydrogen (secondary N) is 1. The van der Waals surface area contributed by atoms with Crippen LogP contribution in [0.15, 0.2) is 42.5 Å². The molecule has 1 unspecified atom stereocenters. The second-order valence-electron chi connectivity index (χ2n) is 11.1. The molecule has 1 saturated heterocycles. The molecule has 3 N–H and O–H groups in total. The van der Waals surface area contributed by atoms with Gasteiger partial charge in [0.2, 0.25) is 0 Å². The summed E-state index contributed by atoms with van der Waals surface area (Å²) in [4.78, 5) is 12.3. The highest BCUT2D eigenvalue weighted by Gasteiger charge is 2.30. The van der Waals surface area contributed by atoms with Crippen molar-refractivity contribution in [3.8, 4) is 17.0 Å². The van der Waals surface area contributed by atoms with Crippen LogP contribution in [0.25, 0.3) is 22.2 Å². The van der Waals surface area contributed by atoms with Crippen LogP contribution in [0.5, 0.6) is 5.75 Å². The largest absolute Gasteiger partial charge is 0.490 e. The monoisotopic (exact) mass is 491 g/mol. The number of rotatable bonds is 6. The van der Waals surface area contributed by atoms with Crippen LogP contribution in [0, 0.1) is 5.41 Å². The highest BCUT2D eigenvalue weighted by atomic mass is 16.6. The SMILES string of the molecule is CC(OC(=O)Nc1ccc(-c2c(N)c3ccc(OC4CCOCC4)cc3n2C2CC2)cc1)C(C)(C)C. The zero-order valence-electron chi connectivity index (χ0n) is 21.7. The van der Waals surface area contributed by atoms with Crippen molar-refractivity contribution in [2.75, 3.05) is 24.3 Å². The van der Waals surface area contributed by atoms with Crippen LogP contribution in [0.1, 0.15) is 59.4 Å². The molecule has 2 aliphatic rings. The van der Waals surface area contributed by atoms with E-state index in [0.717, 1.165) is 72.5 Å². The molecule has 7 heteroatoms. The summed E-state index contributed by atoms with van der Waals surface area (Å²) in [6, 6.07) is 14.5. The van der Waals surface area contributed by atoms with Gasteiger partial charge in [-0.05, 0) is 49.4 Å². The van der Waals surface area contributed by atoms with E-state index in [2.05, 4.69) is 22.0 Å². The highest BCUT2D eigenvalue weighted by molar-refractivity contribution is 6.02. The fourth-order valence-corrected chi connectivity index (χ4v) is 4.58. The average molecular weight is 492 g/mol. The van der Waals surface area contributed by atoms with Gasteiger partial charge in [0.25, 0.3) is 0 Å². The van der Waals surface area contributed by atoms with E-state index in [1.54, 1.807) is 0 Å². The van der Waals surface area contributed by atoms with E-state index in [4.69, 9.17) is 19.9 Å². The number of ether oxygens (including phenoxy) is 3. The summed E-state index contributed by atoms with van der Waals surface area (Å²) >= 11 is 0. The molecular formula is C29H37N3O4. The summed E-state index contributed by atoms with van der Waals surface area (Å²) in [7, 11) is 0. The summed E-state index contributed by atoms with van der Waals surface area (Å²) < 4.78 is 19.6. The van der Waals surface area contributed by atoms with E-state index in [-0.39, 0.29) is 17.6 Å². The molecule has 192 valence electrons. The number of benzene rings is 2. The molecule has 36 heavy (non-hydrogen) atoms. The van der Waals surface area contributed by atoms with Crippen LogP contribution in [-0.2, 0) is 9.47 Å². The number of nitrogens with two attached hydrogens (primary N) is 1. The first-order valence-electron chi connectivity index (χ1n) is 13.0. The lowest BCUT2D eigenvalue weighted by Gasteiger charge is -2.26. The second-order valence-corrected chi connectivity index (χ2v) is 11.1. The first kappa shape index (κ1) is 24.5. The number of aromatic nitrogens is 1. The maximum absolute atomic E-state index is 12.3. The van der Waals surface area contributed by atoms with Crippen LogP contribution in [0.3, 0.4) is 0 Å². The smallest absolute Gasteiger partial charge is 0.411 e. The molecule has 3 aromatic rings. The predicted molar refractivity (Wildman–Crippen MR) is 144 cm³/mol. The number of fused-ring (bicyclic) bond motifs is 1. The lowest BCUT2D eigenvalue weighted by molar-refractivity contribution is 0.0256. The number of hydrogen-bond acceptors (Lipinski definition) is 5. The van der Waals surface area contributed by atoms with Crippen molar-refractivity contribution in [2.24, 2.45) is 5.41 Å². The molecule has 2 heterocycles. The van der Waals surface area contributed by atoms with Crippen molar-refractivity contribution in [1.82, 2.24) is 4.57 Å². The number of hydrogen-bond donors (Lipinski definition) is 2. The van der Waals surface area contributed by atoms with Crippen LogP contribution >= 0.6 is 0 Å². The minimum Gasteiger partial charge on any atom is -0.490 e. The first-order valence-corrected chi connectivity index (χ1v) is 13.0. The number of carbonyl (C=O) groups excluding carboxylic acids is 1. The van der Waals surface area contributed by atoms with E-state index in [1.807, 2.05) is 58.0 Å². The van der Waals surface area contributed by atoms with Gasteiger partial charge in [-0.1, -0.05) is 32.9 Å². The minimum absolute atomic E-state index is 0.120. The van der Waals surface area contributed by atoms with Gasteiger partial charge in [0.1, 0.15) is 18.0 Å². The molecular weight excluding hydrogens is 454 g/mol. The summed E-state index contributed by atoms with van der Waals surface area (Å²) in [5, 5.41) is 3.88. The molecule has 0 spiro atoms. The molecule has 0 bridgehead atoms. The number of carbonyl (C=O) groups is 1. The van der Waals surface area contributed by atoms with Crippen molar-refractivity contribution in [1.29, 1.82) is 0 Å². The van der Waals surface area contributed by atoms with Crippen molar-refractivity contribution in [3.63, 3.8) is 0 Å². The Balaban J connectivity index is 1.39. The third kappa shape index (κ3) is 5.16. The summed E-state index contributed by atoms with van der Waals surface area (Å²) in [5.41, 5.74) is 11.2. The fourth-order valence-electron chi connectivity index (χ4n) is 4.58. The maximum Gasteiger partial charge on any atom is 0.411 e. The molecule has 0 radical (unpaired) electrons. The summed E-state index contributed by atoms with van der Waals surface area (Å²) in [6.45, 7) is 9.54. The molecule has 2 fully saturated rings. The van der Waals surface area contributed by atoms with E-state index in [1.165, 1.54) is 0 Å². The Kier molecular flexibility index (Phi) is 6.60. The van der Waals surface area contributed by atoms with Crippen LogP contribution < -0.4 is 15.8 Å². The van der Waals surface area contributed by atoms with Gasteiger partial charge in [0.15, 0.2) is 0 Å². The Bertz CT molecular complexity index is 1230. The molecule has 1 atom stereocenters. The van der Waals surface area contributed by atoms with Crippen LogP contribution in [0.2, 0.25) is 0 Å². The quantitative estimate of drug-likeness (QED) is 0.397. The van der Waals surface area contributed by atoms with Gasteiger partial charge in [-0.15, -0.1) is 0 Å². The minimum atomic E-state index is -0.450. The lowest BCUT2D eigenvalue weighted by Crippen LogP contribution is -2.30. The molecule has 5 rings (SSSR count). The van der Waals surface area contributed by atoms with Gasteiger partial charge >= 0.3 is 6.09 Å². The molecule has 1 aliphatic heterocycles. The molecule has 7 nitrogen and oxygen atoms in total. The zero-order valence-corrected chi connectivity index (χ0v) is 21.7. The van der Waals surface area contributed by atoms with Gasteiger partial charge in [-0.3, -0.25) is 5.32 Å². The number of amides is 1. The Morgan fingerprint density at radius 3 is 2.42 bits per heavy atom. The normalized spacial score (nSPS) is 17.7. The maximum atomic E-state index is 12.3. The molecule has 1 amide bonds. The predicted octanol–water partition coefficient (Wildman–Crippen LogP) is 6.77. The Morgan fingerprint density at radius 1 is 1.08 bits per heavy atom. The third-order valence-electron chi connectivity index (χ3n) is 7.31. The van der Waals surface area contributed by atoms with E-state index < -0.39 is 6.09 Å². The summed E-state index contributed by atoms with van der Waals surface area (Å²) in [6.07, 6.45) is 3.64. The third-order valence-corrected chi connectivity index (χ3v) is 7.31. The van der Waals surface area contributed by atoms with Gasteiger partial charge < -0.3 is 24.5 Å². The van der Waals surface area contributed by atoms with Crippen LogP contribution in [-0.4, -0.2) is 36.1 Å². The zero-order chi connectivity index (χ0) is 25.4. The summed E-state index contributed by atoms with van der Waals surface area (Å²) in [5.74, 6) is 0.878. The molecule has 1 saturated carbocycles. The van der Waals surface area contributed by atoms with E-state index >= 15 is 0 Å². The number of anilines is 2. The van der Waals surface area contributed by atoms with E-state index in [9.17, 15) is 4.79 Å². The molecule has 2 aromatic carbocycles. The van der Waals surface area contributed by atoms with Gasteiger partial charge in [-0.25, -0.2) is 4.79 Å². The van der Waals surface area contributed by atoms with Crippen molar-refractivity contribution >= 4 is 28.4 Å². The van der Waals surface area contributed by atoms with Crippen LogP contribution in [0.4, 0.5) is 16.2 Å².